The molecule has 1 aromatic rings. The number of nitrogens with zero attached hydrogens (tertiary/aromatic N) is 2. The average Bonchev–Trinajstić information content (AvgIpc) is 2.89. The van der Waals surface area contributed by atoms with E-state index in [9.17, 15) is 0 Å². The van der Waals surface area contributed by atoms with Crippen LogP contribution in [0, 0.1) is 0 Å². The fraction of sp³-hybridized carbons (Fsp3) is 0.385. The summed E-state index contributed by atoms with van der Waals surface area (Å²) in [4.78, 5) is 4.27. The molecule has 0 radical (unpaired) electrons. The van der Waals surface area contributed by atoms with Crippen LogP contribution in [0.2, 0.25) is 0 Å². The molecule has 0 saturated carbocycles. The summed E-state index contributed by atoms with van der Waals surface area (Å²) < 4.78 is 0. The molecule has 3 atom stereocenters. The number of benzene rings is 1. The van der Waals surface area contributed by atoms with Crippen LogP contribution >= 0.6 is 24.4 Å². The van der Waals surface area contributed by atoms with E-state index in [4.69, 9.17) is 24.4 Å². The van der Waals surface area contributed by atoms with E-state index in [1.807, 2.05) is 13.1 Å². The zero-order valence-corrected chi connectivity index (χ0v) is 12.5. The first-order valence-corrected chi connectivity index (χ1v) is 7.08. The Morgan fingerprint density at radius 2 is 1.74 bits per heavy atom. The van der Waals surface area contributed by atoms with Gasteiger partial charge >= 0.3 is 0 Å². The third kappa shape index (κ3) is 1.95. The maximum Gasteiger partial charge on any atom is 0.175 e. The fourth-order valence-corrected chi connectivity index (χ4v) is 3.34. The second-order valence-corrected chi connectivity index (χ2v) is 5.67. The molecule has 6 heteroatoms. The molecule has 2 N–H and O–H groups in total. The normalized spacial score (nSPS) is 27.1. The molecule has 100 valence electrons. The lowest BCUT2D eigenvalue weighted by Crippen LogP contribution is -2.44. The maximum absolute atomic E-state index is 5.56. The standard InChI is InChI=1S/C13H16N4S2/c1-8(9-6-4-3-5-7-9)17-11-10(14-12(18)15-11)16(2)13(17)19/h3-8,10-11H,1-2H3,(H2,14,15,18)/t8-,10-,11+/m1/s1. The molecule has 2 heterocycles. The van der Waals surface area contributed by atoms with Gasteiger partial charge in [-0.2, -0.15) is 0 Å². The molecule has 0 amide bonds. The van der Waals surface area contributed by atoms with E-state index >= 15 is 0 Å². The highest BCUT2D eigenvalue weighted by Gasteiger charge is 2.47. The Bertz CT molecular complexity index is 519. The van der Waals surface area contributed by atoms with E-state index < -0.39 is 0 Å². The summed E-state index contributed by atoms with van der Waals surface area (Å²) in [5, 5.41) is 8.07. The van der Waals surface area contributed by atoms with E-state index in [-0.39, 0.29) is 18.4 Å². The summed E-state index contributed by atoms with van der Waals surface area (Å²) in [6.07, 6.45) is 0.214. The number of hydrogen-bond acceptors (Lipinski definition) is 2. The Kier molecular flexibility index (Phi) is 3.06. The Morgan fingerprint density at radius 1 is 1.11 bits per heavy atom. The van der Waals surface area contributed by atoms with Crippen LogP contribution in [0.3, 0.4) is 0 Å². The Labute approximate surface area is 123 Å². The number of rotatable bonds is 2. The summed E-state index contributed by atoms with van der Waals surface area (Å²) in [5.74, 6) is 0. The van der Waals surface area contributed by atoms with Crippen molar-refractivity contribution in [1.82, 2.24) is 20.4 Å². The summed E-state index contributed by atoms with van der Waals surface area (Å²) in [5.41, 5.74) is 1.25. The molecular weight excluding hydrogens is 276 g/mol. The largest absolute Gasteiger partial charge is 0.339 e. The van der Waals surface area contributed by atoms with Gasteiger partial charge in [0.25, 0.3) is 0 Å². The highest BCUT2D eigenvalue weighted by Crippen LogP contribution is 2.31. The molecule has 4 nitrogen and oxygen atoms in total. The van der Waals surface area contributed by atoms with E-state index in [1.165, 1.54) is 5.56 Å². The third-order valence-corrected chi connectivity index (χ3v) is 4.53. The van der Waals surface area contributed by atoms with Gasteiger partial charge in [-0.3, -0.25) is 0 Å². The summed E-state index contributed by atoms with van der Waals surface area (Å²) in [6, 6.07) is 10.6. The van der Waals surface area contributed by atoms with Gasteiger partial charge in [0, 0.05) is 7.05 Å². The van der Waals surface area contributed by atoms with Crippen molar-refractivity contribution in [1.29, 1.82) is 0 Å². The maximum atomic E-state index is 5.56. The predicted molar refractivity (Wildman–Crippen MR) is 83.5 cm³/mol. The Morgan fingerprint density at radius 3 is 2.42 bits per heavy atom. The van der Waals surface area contributed by atoms with Crippen LogP contribution in [-0.4, -0.2) is 39.4 Å². The van der Waals surface area contributed by atoms with E-state index in [0.29, 0.717) is 5.11 Å². The molecule has 2 aliphatic heterocycles. The van der Waals surface area contributed by atoms with Crippen molar-refractivity contribution in [3.8, 4) is 0 Å². The first-order chi connectivity index (χ1) is 9.09. The van der Waals surface area contributed by atoms with Crippen molar-refractivity contribution in [2.75, 3.05) is 7.05 Å². The van der Waals surface area contributed by atoms with Crippen molar-refractivity contribution in [3.05, 3.63) is 35.9 Å². The van der Waals surface area contributed by atoms with Gasteiger partial charge in [0.1, 0.15) is 12.3 Å². The second kappa shape index (κ2) is 4.61. The molecule has 0 aliphatic carbocycles. The minimum atomic E-state index is 0.0974. The summed E-state index contributed by atoms with van der Waals surface area (Å²) >= 11 is 10.8. The smallest absolute Gasteiger partial charge is 0.175 e. The average molecular weight is 292 g/mol. The van der Waals surface area contributed by atoms with Crippen LogP contribution in [0.5, 0.6) is 0 Å². The number of likely N-dealkylation sites (N-methyl/N-ethyl adjacent to an activating group) is 1. The van der Waals surface area contributed by atoms with E-state index in [1.54, 1.807) is 0 Å². The molecule has 0 aromatic heterocycles. The monoisotopic (exact) mass is 292 g/mol. The van der Waals surface area contributed by atoms with Gasteiger partial charge in [0.05, 0.1) is 6.04 Å². The van der Waals surface area contributed by atoms with Gasteiger partial charge in [-0.25, -0.2) is 0 Å². The topological polar surface area (TPSA) is 30.5 Å². The van der Waals surface area contributed by atoms with Gasteiger partial charge in [-0.05, 0) is 36.9 Å². The molecule has 2 aliphatic rings. The minimum absolute atomic E-state index is 0.0974. The number of thiocarbonyl (C=S) groups is 2. The van der Waals surface area contributed by atoms with Crippen molar-refractivity contribution in [2.24, 2.45) is 0 Å². The van der Waals surface area contributed by atoms with Crippen molar-refractivity contribution in [3.63, 3.8) is 0 Å². The molecule has 0 spiro atoms. The van der Waals surface area contributed by atoms with Crippen LogP contribution in [-0.2, 0) is 0 Å². The number of fused-ring (bicyclic) bond motifs is 1. The first-order valence-electron chi connectivity index (χ1n) is 6.26. The molecule has 19 heavy (non-hydrogen) atoms. The summed E-state index contributed by atoms with van der Waals surface area (Å²) in [6.45, 7) is 2.17. The highest BCUT2D eigenvalue weighted by molar-refractivity contribution is 7.80. The number of nitrogens with one attached hydrogen (secondary N) is 2. The van der Waals surface area contributed by atoms with Crippen LogP contribution < -0.4 is 10.6 Å². The SMILES string of the molecule is C[C@H](c1ccccc1)N1C(=S)N(C)[C@H]2NC(=S)N[C@H]21. The lowest BCUT2D eigenvalue weighted by atomic mass is 10.1. The van der Waals surface area contributed by atoms with E-state index in [0.717, 1.165) is 5.11 Å². The molecular formula is C13H16N4S2. The molecule has 2 fully saturated rings. The molecule has 0 bridgehead atoms. The minimum Gasteiger partial charge on any atom is -0.339 e. The molecule has 3 rings (SSSR count). The van der Waals surface area contributed by atoms with Crippen LogP contribution in [0.1, 0.15) is 18.5 Å². The summed E-state index contributed by atoms with van der Waals surface area (Å²) in [7, 11) is 2.00. The third-order valence-electron chi connectivity index (χ3n) is 3.80. The van der Waals surface area contributed by atoms with Gasteiger partial charge in [0.15, 0.2) is 10.2 Å². The zero-order valence-electron chi connectivity index (χ0n) is 10.8. The molecule has 2 saturated heterocycles. The van der Waals surface area contributed by atoms with Gasteiger partial charge in [0.2, 0.25) is 0 Å². The van der Waals surface area contributed by atoms with Crippen molar-refractivity contribution in [2.45, 2.75) is 25.3 Å². The van der Waals surface area contributed by atoms with Gasteiger partial charge < -0.3 is 20.4 Å². The van der Waals surface area contributed by atoms with Crippen LogP contribution in [0.15, 0.2) is 30.3 Å². The van der Waals surface area contributed by atoms with Crippen molar-refractivity contribution >= 4 is 34.7 Å². The van der Waals surface area contributed by atoms with Crippen LogP contribution in [0.25, 0.3) is 0 Å². The number of hydrogen-bond donors (Lipinski definition) is 2. The zero-order chi connectivity index (χ0) is 13.6. The molecule has 1 aromatic carbocycles. The van der Waals surface area contributed by atoms with Crippen molar-refractivity contribution < 1.29 is 0 Å². The second-order valence-electron chi connectivity index (χ2n) is 4.89. The van der Waals surface area contributed by atoms with E-state index in [2.05, 4.69) is 51.6 Å². The van der Waals surface area contributed by atoms with Gasteiger partial charge in [-0.15, -0.1) is 0 Å². The van der Waals surface area contributed by atoms with Crippen LogP contribution in [0.4, 0.5) is 0 Å². The van der Waals surface area contributed by atoms with Gasteiger partial charge in [-0.1, -0.05) is 30.3 Å². The lowest BCUT2D eigenvalue weighted by molar-refractivity contribution is 0.240. The lowest BCUT2D eigenvalue weighted by Gasteiger charge is -2.30. The fourth-order valence-electron chi connectivity index (χ4n) is 2.72. The predicted octanol–water partition coefficient (Wildman–Crippen LogP) is 1.41. The quantitative estimate of drug-likeness (QED) is 0.802. The molecule has 0 unspecified atom stereocenters. The Balaban J connectivity index is 1.91. The Hall–Kier alpha value is -1.40. The highest BCUT2D eigenvalue weighted by atomic mass is 32.1. The first kappa shape index (κ1) is 12.6.